The first-order chi connectivity index (χ1) is 11.4. The van der Waals surface area contributed by atoms with Gasteiger partial charge in [0.05, 0.1) is 17.0 Å². The van der Waals surface area contributed by atoms with Gasteiger partial charge in [-0.25, -0.2) is 0 Å². The number of rotatable bonds is 3. The third kappa shape index (κ3) is 2.60. The monoisotopic (exact) mass is 350 g/mol. The Balaban J connectivity index is 1.74. The molecule has 3 rings (SSSR count). The van der Waals surface area contributed by atoms with Gasteiger partial charge < -0.3 is 14.9 Å². The Morgan fingerprint density at radius 2 is 2.04 bits per heavy atom. The number of carbonyl (C=O) groups is 3. The number of nitrogens with zero attached hydrogens (tertiary/aromatic N) is 2. The molecule has 0 aromatic carbocycles. The maximum atomic E-state index is 12.6. The minimum atomic E-state index is -0.919. The summed E-state index contributed by atoms with van der Waals surface area (Å²) in [5, 5.41) is 11.4. The van der Waals surface area contributed by atoms with Gasteiger partial charge in [0.15, 0.2) is 0 Å². The van der Waals surface area contributed by atoms with Gasteiger partial charge in [-0.1, -0.05) is 6.92 Å². The lowest BCUT2D eigenvalue weighted by Crippen LogP contribution is -2.56. The Bertz CT molecular complexity index is 676. The Kier molecular flexibility index (Phi) is 4.38. The molecule has 3 heterocycles. The van der Waals surface area contributed by atoms with Crippen molar-refractivity contribution in [3.63, 3.8) is 0 Å². The Labute approximate surface area is 145 Å². The van der Waals surface area contributed by atoms with Crippen molar-refractivity contribution < 1.29 is 19.5 Å². The van der Waals surface area contributed by atoms with Crippen molar-refractivity contribution >= 4 is 29.1 Å². The Morgan fingerprint density at radius 3 is 2.58 bits per heavy atom. The van der Waals surface area contributed by atoms with E-state index in [0.717, 1.165) is 6.42 Å². The minimum Gasteiger partial charge on any atom is -0.481 e. The molecule has 1 spiro atoms. The Morgan fingerprint density at radius 1 is 1.38 bits per heavy atom. The highest BCUT2D eigenvalue weighted by Crippen LogP contribution is 2.43. The smallest absolute Gasteiger partial charge is 0.309 e. The molecule has 1 aromatic heterocycles. The van der Waals surface area contributed by atoms with E-state index in [4.69, 9.17) is 0 Å². The van der Waals surface area contributed by atoms with Crippen molar-refractivity contribution in [1.29, 1.82) is 0 Å². The molecule has 0 saturated carbocycles. The first kappa shape index (κ1) is 17.0. The van der Waals surface area contributed by atoms with Crippen LogP contribution in [0.25, 0.3) is 0 Å². The number of likely N-dealkylation sites (tertiary alicyclic amines) is 2. The molecule has 1 aromatic rings. The second-order valence-electron chi connectivity index (χ2n) is 6.60. The number of carboxylic acid groups (broad SMARTS) is 1. The molecule has 6 nitrogen and oxygen atoms in total. The second kappa shape index (κ2) is 6.20. The fourth-order valence-corrected chi connectivity index (χ4v) is 4.75. The number of hydrogen-bond donors (Lipinski definition) is 1. The summed E-state index contributed by atoms with van der Waals surface area (Å²) in [4.78, 5) is 40.8. The molecular formula is C17H22N2O4S. The van der Waals surface area contributed by atoms with Crippen molar-refractivity contribution in [1.82, 2.24) is 9.80 Å². The first-order valence-electron chi connectivity index (χ1n) is 8.25. The summed E-state index contributed by atoms with van der Waals surface area (Å²) < 4.78 is 0. The molecule has 2 amide bonds. The van der Waals surface area contributed by atoms with E-state index in [1.165, 1.54) is 4.88 Å². The third-order valence-electron chi connectivity index (χ3n) is 5.53. The lowest BCUT2D eigenvalue weighted by molar-refractivity contribution is -0.145. The molecule has 24 heavy (non-hydrogen) atoms. The number of hydrogen-bond acceptors (Lipinski definition) is 4. The molecule has 2 aliphatic rings. The topological polar surface area (TPSA) is 77.9 Å². The molecule has 2 aliphatic heterocycles. The van der Waals surface area contributed by atoms with Crippen molar-refractivity contribution in [2.24, 2.45) is 5.92 Å². The summed E-state index contributed by atoms with van der Waals surface area (Å²) in [5.74, 6) is -1.72. The lowest BCUT2D eigenvalue weighted by atomic mass is 9.77. The highest BCUT2D eigenvalue weighted by Gasteiger charge is 2.55. The van der Waals surface area contributed by atoms with Crippen LogP contribution in [-0.4, -0.2) is 58.4 Å². The third-order valence-corrected chi connectivity index (χ3v) is 6.61. The molecule has 0 bridgehead atoms. The summed E-state index contributed by atoms with van der Waals surface area (Å²) in [5.41, 5.74) is 0.0570. The normalized spacial score (nSPS) is 23.1. The summed E-state index contributed by atoms with van der Waals surface area (Å²) in [7, 11) is 1.69. The fourth-order valence-electron chi connectivity index (χ4n) is 3.94. The summed E-state index contributed by atoms with van der Waals surface area (Å²) in [6, 6.07) is 1.93. The van der Waals surface area contributed by atoms with E-state index >= 15 is 0 Å². The second-order valence-corrected chi connectivity index (χ2v) is 7.59. The highest BCUT2D eigenvalue weighted by atomic mass is 32.1. The molecule has 7 heteroatoms. The summed E-state index contributed by atoms with van der Waals surface area (Å²) >= 11 is 1.59. The number of carboxylic acids is 1. The van der Waals surface area contributed by atoms with Crippen molar-refractivity contribution in [3.8, 4) is 0 Å². The molecule has 1 N–H and O–H groups in total. The van der Waals surface area contributed by atoms with E-state index in [-0.39, 0.29) is 18.2 Å². The number of amides is 2. The average Bonchev–Trinajstić information content (AvgIpc) is 3.15. The predicted octanol–water partition coefficient (Wildman–Crippen LogP) is 1.85. The summed E-state index contributed by atoms with van der Waals surface area (Å²) in [6.07, 6.45) is 2.00. The van der Waals surface area contributed by atoms with E-state index < -0.39 is 17.4 Å². The van der Waals surface area contributed by atoms with Gasteiger partial charge in [0.2, 0.25) is 5.91 Å². The zero-order valence-corrected chi connectivity index (χ0v) is 14.8. The number of thiophene rings is 1. The zero-order chi connectivity index (χ0) is 17.5. The maximum Gasteiger partial charge on any atom is 0.309 e. The first-order valence-corrected chi connectivity index (χ1v) is 9.13. The predicted molar refractivity (Wildman–Crippen MR) is 90.1 cm³/mol. The van der Waals surface area contributed by atoms with Crippen LogP contribution in [0, 0.1) is 5.92 Å². The number of piperidine rings is 1. The van der Waals surface area contributed by atoms with Crippen molar-refractivity contribution in [2.45, 2.75) is 38.1 Å². The van der Waals surface area contributed by atoms with Gasteiger partial charge in [-0.05, 0) is 25.3 Å². The van der Waals surface area contributed by atoms with Gasteiger partial charge in [-0.15, -0.1) is 11.3 Å². The lowest BCUT2D eigenvalue weighted by Gasteiger charge is -2.45. The fraction of sp³-hybridized carbons (Fsp3) is 0.588. The van der Waals surface area contributed by atoms with Gasteiger partial charge in [0, 0.05) is 36.8 Å². The van der Waals surface area contributed by atoms with Gasteiger partial charge in [0.25, 0.3) is 5.91 Å². The average molecular weight is 350 g/mol. The number of carbonyl (C=O) groups excluding carboxylic acids is 2. The van der Waals surface area contributed by atoms with Gasteiger partial charge in [-0.2, -0.15) is 0 Å². The molecule has 0 radical (unpaired) electrons. The Hall–Kier alpha value is -1.89. The van der Waals surface area contributed by atoms with Crippen LogP contribution in [0.5, 0.6) is 0 Å². The van der Waals surface area contributed by atoms with E-state index in [0.29, 0.717) is 31.5 Å². The van der Waals surface area contributed by atoms with Crippen molar-refractivity contribution in [2.75, 3.05) is 20.1 Å². The van der Waals surface area contributed by atoms with Crippen LogP contribution in [-0.2, 0) is 16.0 Å². The molecule has 0 aliphatic carbocycles. The largest absolute Gasteiger partial charge is 0.481 e. The SMILES string of the molecule is CCc1cc(C(=O)N2CCC3(CC2)[C@@H](C(=O)O)CC(=O)N3C)cs1. The molecule has 0 unspecified atom stereocenters. The van der Waals surface area contributed by atoms with Crippen molar-refractivity contribution in [3.05, 3.63) is 21.9 Å². The van der Waals surface area contributed by atoms with E-state index in [1.54, 1.807) is 28.2 Å². The summed E-state index contributed by atoms with van der Waals surface area (Å²) in [6.45, 7) is 3.03. The van der Waals surface area contributed by atoms with Crippen LogP contribution in [0.3, 0.4) is 0 Å². The molecule has 1 atom stereocenters. The molecule has 2 saturated heterocycles. The van der Waals surface area contributed by atoms with Crippen LogP contribution in [0.1, 0.15) is 41.4 Å². The van der Waals surface area contributed by atoms with Crippen LogP contribution in [0.2, 0.25) is 0 Å². The van der Waals surface area contributed by atoms with Crippen LogP contribution in [0.4, 0.5) is 0 Å². The standard InChI is InChI=1S/C17H22N2O4S/c1-3-12-8-11(10-24-12)15(21)19-6-4-17(5-7-19)13(16(22)23)9-14(20)18(17)2/h8,10,13H,3-7,9H2,1-2H3,(H,22,23)/t13-/m1/s1. The van der Waals surface area contributed by atoms with Crippen LogP contribution >= 0.6 is 11.3 Å². The zero-order valence-electron chi connectivity index (χ0n) is 13.9. The van der Waals surface area contributed by atoms with E-state index in [1.807, 2.05) is 11.4 Å². The molecular weight excluding hydrogens is 328 g/mol. The van der Waals surface area contributed by atoms with Gasteiger partial charge in [0.1, 0.15) is 0 Å². The van der Waals surface area contributed by atoms with E-state index in [9.17, 15) is 19.5 Å². The van der Waals surface area contributed by atoms with E-state index in [2.05, 4.69) is 6.92 Å². The number of aliphatic carboxylic acids is 1. The van der Waals surface area contributed by atoms with Crippen LogP contribution in [0.15, 0.2) is 11.4 Å². The van der Waals surface area contributed by atoms with Crippen LogP contribution < -0.4 is 0 Å². The number of aryl methyl sites for hydroxylation is 1. The molecule has 2 fully saturated rings. The maximum absolute atomic E-state index is 12.6. The minimum absolute atomic E-state index is 0.000323. The highest BCUT2D eigenvalue weighted by molar-refractivity contribution is 7.10. The quantitative estimate of drug-likeness (QED) is 0.902. The van der Waals surface area contributed by atoms with Gasteiger partial charge in [-0.3, -0.25) is 14.4 Å². The molecule has 130 valence electrons. The van der Waals surface area contributed by atoms with Gasteiger partial charge >= 0.3 is 5.97 Å².